The first-order valence-corrected chi connectivity index (χ1v) is 9.84. The summed E-state index contributed by atoms with van der Waals surface area (Å²) < 4.78 is 2.53. The highest BCUT2D eigenvalue weighted by atomic mass is 16.2. The number of aromatic amines is 1. The predicted octanol–water partition coefficient (Wildman–Crippen LogP) is 2.29. The van der Waals surface area contributed by atoms with Gasteiger partial charge in [0.15, 0.2) is 5.65 Å². The molecule has 158 valence electrons. The molecule has 0 aliphatic carbocycles. The number of hydrogen-bond donors (Lipinski definition) is 1. The molecule has 0 atom stereocenters. The van der Waals surface area contributed by atoms with Crippen molar-refractivity contribution in [2.45, 2.75) is 20.3 Å². The second-order valence-electron chi connectivity index (χ2n) is 7.42. The summed E-state index contributed by atoms with van der Waals surface area (Å²) in [5.41, 5.74) is 3.97. The molecule has 0 spiro atoms. The number of rotatable bonds is 4. The van der Waals surface area contributed by atoms with Gasteiger partial charge in [0.25, 0.3) is 5.56 Å². The predicted molar refractivity (Wildman–Crippen MR) is 116 cm³/mol. The maximum Gasteiger partial charge on any atom is 0.273 e. The lowest BCUT2D eigenvalue weighted by atomic mass is 10.1. The molecule has 10 heteroatoms. The van der Waals surface area contributed by atoms with Crippen LogP contribution in [0.5, 0.6) is 0 Å². The van der Waals surface area contributed by atoms with Crippen molar-refractivity contribution < 1.29 is 9.59 Å². The van der Waals surface area contributed by atoms with Gasteiger partial charge >= 0.3 is 0 Å². The number of nitrogens with one attached hydrogen (secondary N) is 1. The van der Waals surface area contributed by atoms with Gasteiger partial charge in [-0.25, -0.2) is 9.50 Å². The molecule has 0 aliphatic rings. The van der Waals surface area contributed by atoms with E-state index in [9.17, 15) is 14.4 Å². The third-order valence-corrected chi connectivity index (χ3v) is 5.08. The molecule has 0 aliphatic heterocycles. The molecule has 4 aromatic heterocycles. The summed E-state index contributed by atoms with van der Waals surface area (Å²) in [6.07, 6.45) is 1.76. The van der Waals surface area contributed by atoms with Gasteiger partial charge in [-0.1, -0.05) is 17.3 Å². The first-order chi connectivity index (χ1) is 15.4. The largest absolute Gasteiger partial charge is 0.300 e. The Kier molecular flexibility index (Phi) is 4.47. The zero-order valence-corrected chi connectivity index (χ0v) is 17.2. The Bertz CT molecular complexity index is 1580. The standard InChI is InChI=1S/C22H17N7O3/c1-12(30)9-18-21(15-5-3-4-8-23-15)22-24-16(11-20(32)29(22)26-18)14-6-7-19-17(10-14)25-27-28(19)13(2)31/h3-8,10-11,26H,9H2,1-2H3. The molecule has 1 aromatic carbocycles. The number of benzene rings is 1. The zero-order chi connectivity index (χ0) is 22.4. The van der Waals surface area contributed by atoms with Crippen LogP contribution in [0, 0.1) is 0 Å². The van der Waals surface area contributed by atoms with Crippen LogP contribution in [0.25, 0.3) is 39.2 Å². The number of aromatic nitrogens is 7. The van der Waals surface area contributed by atoms with Crippen molar-refractivity contribution in [3.63, 3.8) is 0 Å². The van der Waals surface area contributed by atoms with Gasteiger partial charge in [-0.15, -0.1) is 5.10 Å². The quantitative estimate of drug-likeness (QED) is 0.466. The van der Waals surface area contributed by atoms with E-state index in [0.717, 1.165) is 0 Å². The summed E-state index contributed by atoms with van der Waals surface area (Å²) in [6, 6.07) is 12.0. The highest BCUT2D eigenvalue weighted by Gasteiger charge is 2.20. The van der Waals surface area contributed by atoms with Crippen LogP contribution in [0.4, 0.5) is 0 Å². The van der Waals surface area contributed by atoms with Gasteiger partial charge in [-0.2, -0.15) is 4.68 Å². The molecule has 4 heterocycles. The lowest BCUT2D eigenvalue weighted by molar-refractivity contribution is -0.116. The minimum absolute atomic E-state index is 0.0546. The molecule has 0 saturated heterocycles. The molecule has 5 aromatic rings. The molecule has 0 bridgehead atoms. The number of hydrogen-bond acceptors (Lipinski definition) is 7. The second-order valence-corrected chi connectivity index (χ2v) is 7.42. The summed E-state index contributed by atoms with van der Waals surface area (Å²) in [4.78, 5) is 45.6. The van der Waals surface area contributed by atoms with E-state index in [4.69, 9.17) is 4.98 Å². The van der Waals surface area contributed by atoms with Gasteiger partial charge < -0.3 is 0 Å². The smallest absolute Gasteiger partial charge is 0.273 e. The highest BCUT2D eigenvalue weighted by molar-refractivity contribution is 5.90. The molecule has 0 amide bonds. The summed E-state index contributed by atoms with van der Waals surface area (Å²) in [5, 5.41) is 10.9. The van der Waals surface area contributed by atoms with Crippen LogP contribution >= 0.6 is 0 Å². The molecular formula is C22H17N7O3. The summed E-state index contributed by atoms with van der Waals surface area (Å²) in [6.45, 7) is 2.89. The lowest BCUT2D eigenvalue weighted by Gasteiger charge is -2.04. The number of fused-ring (bicyclic) bond motifs is 2. The average molecular weight is 427 g/mol. The van der Waals surface area contributed by atoms with Crippen molar-refractivity contribution in [3.8, 4) is 22.5 Å². The number of H-pyrrole nitrogens is 1. The Balaban J connectivity index is 1.74. The van der Waals surface area contributed by atoms with Crippen LogP contribution in [0.15, 0.2) is 53.5 Å². The number of ketones is 1. The fourth-order valence-electron chi connectivity index (χ4n) is 3.70. The van der Waals surface area contributed by atoms with Crippen molar-refractivity contribution in [2.75, 3.05) is 0 Å². The molecule has 0 radical (unpaired) electrons. The number of pyridine rings is 1. The van der Waals surface area contributed by atoms with Gasteiger partial charge in [-0.05, 0) is 31.2 Å². The molecule has 0 saturated carbocycles. The first kappa shape index (κ1) is 19.5. The maximum absolute atomic E-state index is 12.9. The van der Waals surface area contributed by atoms with Crippen molar-refractivity contribution in [1.82, 2.24) is 34.6 Å². The minimum Gasteiger partial charge on any atom is -0.300 e. The molecular weight excluding hydrogens is 410 g/mol. The Hall–Kier alpha value is -4.47. The van der Waals surface area contributed by atoms with E-state index in [1.165, 1.54) is 29.1 Å². The van der Waals surface area contributed by atoms with Gasteiger partial charge in [0.05, 0.1) is 28.2 Å². The Morgan fingerprint density at radius 2 is 1.91 bits per heavy atom. The second kappa shape index (κ2) is 7.34. The Morgan fingerprint density at radius 1 is 1.06 bits per heavy atom. The average Bonchev–Trinajstić information content (AvgIpc) is 3.35. The molecule has 32 heavy (non-hydrogen) atoms. The molecule has 1 N–H and O–H groups in total. The lowest BCUT2D eigenvalue weighted by Crippen LogP contribution is -2.14. The van der Waals surface area contributed by atoms with Gasteiger partial charge in [0, 0.05) is 31.2 Å². The van der Waals surface area contributed by atoms with E-state index < -0.39 is 0 Å². The van der Waals surface area contributed by atoms with Crippen molar-refractivity contribution in [3.05, 3.63) is 64.7 Å². The van der Waals surface area contributed by atoms with Crippen molar-refractivity contribution >= 4 is 28.4 Å². The van der Waals surface area contributed by atoms with Gasteiger partial charge in [-0.3, -0.25) is 24.5 Å². The zero-order valence-electron chi connectivity index (χ0n) is 17.2. The fraction of sp³-hybridized carbons (Fsp3) is 0.136. The van der Waals surface area contributed by atoms with E-state index in [2.05, 4.69) is 20.4 Å². The molecule has 0 unspecified atom stereocenters. The number of carbonyl (C=O) groups excluding carboxylic acids is 2. The van der Waals surface area contributed by atoms with E-state index in [-0.39, 0.29) is 23.7 Å². The monoisotopic (exact) mass is 427 g/mol. The topological polar surface area (TPSA) is 128 Å². The van der Waals surface area contributed by atoms with Gasteiger partial charge in [0.2, 0.25) is 5.91 Å². The van der Waals surface area contributed by atoms with Crippen LogP contribution in [0.2, 0.25) is 0 Å². The van der Waals surface area contributed by atoms with E-state index in [0.29, 0.717) is 44.9 Å². The Labute approximate surface area is 180 Å². The van der Waals surface area contributed by atoms with E-state index >= 15 is 0 Å². The van der Waals surface area contributed by atoms with Crippen LogP contribution in [-0.2, 0) is 11.2 Å². The summed E-state index contributed by atoms with van der Waals surface area (Å²) >= 11 is 0. The van der Waals surface area contributed by atoms with Gasteiger partial charge in [0.1, 0.15) is 11.3 Å². The number of carbonyl (C=O) groups is 2. The normalized spacial score (nSPS) is 11.3. The highest BCUT2D eigenvalue weighted by Crippen LogP contribution is 2.28. The third-order valence-electron chi connectivity index (χ3n) is 5.08. The third kappa shape index (κ3) is 3.18. The summed E-state index contributed by atoms with van der Waals surface area (Å²) in [7, 11) is 0. The fourth-order valence-corrected chi connectivity index (χ4v) is 3.70. The molecule has 0 fully saturated rings. The number of Topliss-reactive ketones (excluding diaryl/α,β-unsaturated/α-hetero) is 1. The maximum atomic E-state index is 12.9. The Morgan fingerprint density at radius 3 is 2.62 bits per heavy atom. The molecule has 10 nitrogen and oxygen atoms in total. The van der Waals surface area contributed by atoms with E-state index in [1.807, 2.05) is 6.07 Å². The minimum atomic E-state index is -0.329. The van der Waals surface area contributed by atoms with Crippen LogP contribution in [0.1, 0.15) is 24.3 Å². The molecule has 5 rings (SSSR count). The van der Waals surface area contributed by atoms with Crippen LogP contribution in [-0.4, -0.2) is 46.3 Å². The first-order valence-electron chi connectivity index (χ1n) is 9.84. The van der Waals surface area contributed by atoms with E-state index in [1.54, 1.807) is 36.5 Å². The summed E-state index contributed by atoms with van der Waals surface area (Å²) in [5.74, 6) is -0.301. The number of nitrogens with zero attached hydrogens (tertiary/aromatic N) is 6. The van der Waals surface area contributed by atoms with Crippen molar-refractivity contribution in [2.24, 2.45) is 0 Å². The SMILES string of the molecule is CC(=O)Cc1[nH]n2c(=O)cc(-c3ccc4c(c3)nnn4C(C)=O)nc2c1-c1ccccn1. The van der Waals surface area contributed by atoms with Crippen LogP contribution in [0.3, 0.4) is 0 Å². The van der Waals surface area contributed by atoms with Crippen molar-refractivity contribution in [1.29, 1.82) is 0 Å². The van der Waals surface area contributed by atoms with Crippen LogP contribution < -0.4 is 5.56 Å².